The molecule has 0 heterocycles. The molecule has 2 aromatic carbocycles. The Morgan fingerprint density at radius 1 is 1.09 bits per heavy atom. The minimum Gasteiger partial charge on any atom is -0.355 e. The van der Waals surface area contributed by atoms with Gasteiger partial charge < -0.3 is 10.2 Å². The molecule has 7 nitrogen and oxygen atoms in total. The summed E-state index contributed by atoms with van der Waals surface area (Å²) in [6, 6.07) is 10.8. The molecule has 186 valence electrons. The molecule has 2 rings (SSSR count). The lowest BCUT2D eigenvalue weighted by molar-refractivity contribution is -0.140. The summed E-state index contributed by atoms with van der Waals surface area (Å²) in [7, 11) is -3.57. The summed E-state index contributed by atoms with van der Waals surface area (Å²) in [6.07, 6.45) is 1.39. The molecule has 0 spiro atoms. The highest BCUT2D eigenvalue weighted by atomic mass is 32.2. The molecule has 2 amide bonds. The minimum absolute atomic E-state index is 0.00901. The van der Waals surface area contributed by atoms with Crippen LogP contribution in [0.1, 0.15) is 43.4 Å². The average molecular weight is 492 g/mol. The van der Waals surface area contributed by atoms with Crippen molar-refractivity contribution >= 4 is 27.5 Å². The Bertz CT molecular complexity index is 1120. The van der Waals surface area contributed by atoms with Gasteiger partial charge in [-0.25, -0.2) is 12.8 Å². The number of hydrogen-bond donors (Lipinski definition) is 1. The second-order valence-electron chi connectivity index (χ2n) is 8.34. The van der Waals surface area contributed by atoms with Gasteiger partial charge in [-0.1, -0.05) is 30.3 Å². The third kappa shape index (κ3) is 7.03. The molecule has 0 fully saturated rings. The van der Waals surface area contributed by atoms with Gasteiger partial charge in [-0.15, -0.1) is 0 Å². The number of anilines is 1. The second-order valence-corrected chi connectivity index (χ2v) is 10.2. The Morgan fingerprint density at radius 2 is 1.76 bits per heavy atom. The number of nitrogens with zero attached hydrogens (tertiary/aromatic N) is 2. The fraction of sp³-hybridized carbons (Fsp3) is 0.440. The number of nitrogens with one attached hydrogen (secondary N) is 1. The van der Waals surface area contributed by atoms with Crippen LogP contribution in [0.25, 0.3) is 0 Å². The van der Waals surface area contributed by atoms with Gasteiger partial charge in [0, 0.05) is 31.6 Å². The summed E-state index contributed by atoms with van der Waals surface area (Å²) in [6.45, 7) is 7.60. The van der Waals surface area contributed by atoms with Crippen molar-refractivity contribution in [2.75, 3.05) is 23.7 Å². The first kappa shape index (κ1) is 27.3. The van der Waals surface area contributed by atoms with Gasteiger partial charge in [0.25, 0.3) is 0 Å². The largest absolute Gasteiger partial charge is 0.355 e. The van der Waals surface area contributed by atoms with Crippen LogP contribution in [0.15, 0.2) is 42.5 Å². The zero-order chi connectivity index (χ0) is 25.5. The summed E-state index contributed by atoms with van der Waals surface area (Å²) in [5.41, 5.74) is 2.70. The van der Waals surface area contributed by atoms with E-state index < -0.39 is 21.9 Å². The zero-order valence-corrected chi connectivity index (χ0v) is 21.3. The Kier molecular flexibility index (Phi) is 9.61. The zero-order valence-electron chi connectivity index (χ0n) is 20.5. The van der Waals surface area contributed by atoms with Crippen molar-refractivity contribution in [2.24, 2.45) is 0 Å². The van der Waals surface area contributed by atoms with Gasteiger partial charge in [0.05, 0.1) is 11.9 Å². The first-order chi connectivity index (χ1) is 16.0. The van der Waals surface area contributed by atoms with Crippen LogP contribution >= 0.6 is 0 Å². The summed E-state index contributed by atoms with van der Waals surface area (Å²) in [5.74, 6) is -1.14. The molecule has 0 saturated heterocycles. The molecule has 2 aromatic rings. The van der Waals surface area contributed by atoms with Crippen LogP contribution < -0.4 is 9.62 Å². The number of likely N-dealkylation sites (N-methyl/N-ethyl adjacent to an activating group) is 1. The number of sulfonamides is 1. The molecule has 0 saturated carbocycles. The maximum Gasteiger partial charge on any atom is 0.242 e. The van der Waals surface area contributed by atoms with E-state index >= 15 is 0 Å². The van der Waals surface area contributed by atoms with Crippen molar-refractivity contribution in [1.82, 2.24) is 10.2 Å². The molecular formula is C25H34FN3O4S. The first-order valence-electron chi connectivity index (χ1n) is 11.3. The maximum absolute atomic E-state index is 14.3. The lowest BCUT2D eigenvalue weighted by Gasteiger charge is -2.29. The van der Waals surface area contributed by atoms with E-state index in [9.17, 15) is 22.4 Å². The second kappa shape index (κ2) is 12.0. The van der Waals surface area contributed by atoms with E-state index in [2.05, 4.69) is 5.32 Å². The van der Waals surface area contributed by atoms with Crippen molar-refractivity contribution in [3.63, 3.8) is 0 Å². The van der Waals surface area contributed by atoms with E-state index in [-0.39, 0.29) is 37.7 Å². The van der Waals surface area contributed by atoms with Crippen molar-refractivity contribution in [3.05, 3.63) is 65.0 Å². The highest BCUT2D eigenvalue weighted by Crippen LogP contribution is 2.25. The summed E-state index contributed by atoms with van der Waals surface area (Å²) in [5, 5.41) is 2.69. The van der Waals surface area contributed by atoms with Crippen LogP contribution in [0.4, 0.5) is 10.1 Å². The van der Waals surface area contributed by atoms with E-state index in [1.54, 1.807) is 44.2 Å². The topological polar surface area (TPSA) is 86.8 Å². The molecule has 0 bridgehead atoms. The molecule has 0 aromatic heterocycles. The van der Waals surface area contributed by atoms with Gasteiger partial charge in [-0.2, -0.15) is 0 Å². The number of hydrogen-bond acceptors (Lipinski definition) is 4. The molecule has 34 heavy (non-hydrogen) atoms. The summed E-state index contributed by atoms with van der Waals surface area (Å²) < 4.78 is 40.5. The number of rotatable bonds is 11. The minimum atomic E-state index is -3.57. The van der Waals surface area contributed by atoms with E-state index in [0.717, 1.165) is 17.4 Å². The Hall–Kier alpha value is -2.94. The highest BCUT2D eigenvalue weighted by Gasteiger charge is 2.27. The van der Waals surface area contributed by atoms with E-state index in [1.165, 1.54) is 15.3 Å². The van der Waals surface area contributed by atoms with Crippen LogP contribution in [0.5, 0.6) is 0 Å². The van der Waals surface area contributed by atoms with Gasteiger partial charge in [0.2, 0.25) is 21.8 Å². The molecule has 1 N–H and O–H groups in total. The summed E-state index contributed by atoms with van der Waals surface area (Å²) >= 11 is 0. The Morgan fingerprint density at radius 3 is 2.38 bits per heavy atom. The lowest BCUT2D eigenvalue weighted by Crippen LogP contribution is -2.47. The Labute approximate surface area is 202 Å². The molecule has 0 aliphatic carbocycles. The maximum atomic E-state index is 14.3. The van der Waals surface area contributed by atoms with E-state index in [1.807, 2.05) is 19.9 Å². The molecule has 1 atom stereocenters. The summed E-state index contributed by atoms with van der Waals surface area (Å²) in [4.78, 5) is 26.9. The molecule has 0 unspecified atom stereocenters. The molecule has 9 heteroatoms. The predicted molar refractivity (Wildman–Crippen MR) is 132 cm³/mol. The molecule has 0 aliphatic heterocycles. The fourth-order valence-corrected chi connectivity index (χ4v) is 4.72. The molecule has 0 radical (unpaired) electrons. The van der Waals surface area contributed by atoms with Crippen LogP contribution in [0.2, 0.25) is 0 Å². The molecule has 0 aliphatic rings. The lowest BCUT2D eigenvalue weighted by atomic mass is 10.1. The van der Waals surface area contributed by atoms with Crippen LogP contribution in [0, 0.1) is 19.7 Å². The van der Waals surface area contributed by atoms with E-state index in [0.29, 0.717) is 17.8 Å². The monoisotopic (exact) mass is 491 g/mol. The first-order valence-corrected chi connectivity index (χ1v) is 13.2. The van der Waals surface area contributed by atoms with E-state index in [4.69, 9.17) is 0 Å². The number of aryl methyl sites for hydroxylation is 1. The van der Waals surface area contributed by atoms with Crippen LogP contribution in [-0.2, 0) is 26.2 Å². The predicted octanol–water partition coefficient (Wildman–Crippen LogP) is 3.54. The average Bonchev–Trinajstić information content (AvgIpc) is 2.77. The number of benzene rings is 2. The smallest absolute Gasteiger partial charge is 0.242 e. The van der Waals surface area contributed by atoms with Crippen molar-refractivity contribution in [3.8, 4) is 0 Å². The van der Waals surface area contributed by atoms with Gasteiger partial charge in [0.1, 0.15) is 11.9 Å². The quantitative estimate of drug-likeness (QED) is 0.521. The standard InChI is InChI=1S/C25H34FN3O4S/c1-6-27-25(31)20(4)28(17-21-12-7-8-13-22(21)26)24(30)15-10-16-29(34(5,32)33)23-14-9-11-18(2)19(23)3/h7-9,11-14,20H,6,10,15-17H2,1-5H3,(H,27,31)/t20-/m1/s1. The van der Waals surface area contributed by atoms with Gasteiger partial charge in [0.15, 0.2) is 0 Å². The number of halogens is 1. The normalized spacial score (nSPS) is 12.2. The molecular weight excluding hydrogens is 457 g/mol. The van der Waals surface area contributed by atoms with Crippen LogP contribution in [0.3, 0.4) is 0 Å². The fourth-order valence-electron chi connectivity index (χ4n) is 3.70. The number of carbonyl (C=O) groups is 2. The third-order valence-electron chi connectivity index (χ3n) is 5.81. The van der Waals surface area contributed by atoms with Crippen molar-refractivity contribution < 1.29 is 22.4 Å². The van der Waals surface area contributed by atoms with Gasteiger partial charge in [-0.3, -0.25) is 13.9 Å². The van der Waals surface area contributed by atoms with Crippen LogP contribution in [-0.4, -0.2) is 50.5 Å². The van der Waals surface area contributed by atoms with Crippen molar-refractivity contribution in [2.45, 2.75) is 53.1 Å². The van der Waals surface area contributed by atoms with Gasteiger partial charge in [-0.05, 0) is 57.4 Å². The number of amides is 2. The SMILES string of the molecule is CCNC(=O)[C@@H](C)N(Cc1ccccc1F)C(=O)CCCN(c1cccc(C)c1C)S(C)(=O)=O. The Balaban J connectivity index is 2.20. The highest BCUT2D eigenvalue weighted by molar-refractivity contribution is 7.92. The van der Waals surface area contributed by atoms with Crippen molar-refractivity contribution in [1.29, 1.82) is 0 Å². The van der Waals surface area contributed by atoms with Gasteiger partial charge >= 0.3 is 0 Å². The number of carbonyl (C=O) groups excluding carboxylic acids is 2. The third-order valence-corrected chi connectivity index (χ3v) is 6.99.